The van der Waals surface area contributed by atoms with Gasteiger partial charge in [-0.15, -0.1) is 0 Å². The van der Waals surface area contributed by atoms with Crippen LogP contribution in [0.2, 0.25) is 0 Å². The molecule has 1 saturated heterocycles. The van der Waals surface area contributed by atoms with Crippen molar-refractivity contribution in [3.05, 3.63) is 29.4 Å². The quantitative estimate of drug-likeness (QED) is 0.775. The zero-order chi connectivity index (χ0) is 17.2. The van der Waals surface area contributed by atoms with Crippen LogP contribution in [0.4, 0.5) is 0 Å². The van der Waals surface area contributed by atoms with E-state index in [1.54, 1.807) is 18.0 Å². The summed E-state index contributed by atoms with van der Waals surface area (Å²) >= 11 is 0. The zero-order valence-corrected chi connectivity index (χ0v) is 17.3. The van der Waals surface area contributed by atoms with Crippen LogP contribution in [-0.2, 0) is 37.5 Å². The summed E-state index contributed by atoms with van der Waals surface area (Å²) in [5.41, 5.74) is 8.98. The maximum absolute atomic E-state index is 10.8. The van der Waals surface area contributed by atoms with Gasteiger partial charge in [-0.25, -0.2) is 9.97 Å². The van der Waals surface area contributed by atoms with Crippen LogP contribution in [0, 0.1) is 6.92 Å². The fourth-order valence-corrected chi connectivity index (χ4v) is 2.14. The molecule has 0 saturated carbocycles. The number of piperidine rings is 1. The second-order valence-corrected chi connectivity index (χ2v) is 4.88. The molecule has 7 nitrogen and oxygen atoms in total. The average Bonchev–Trinajstić information content (AvgIpc) is 3.01. The number of carbonyl (C=O) groups is 1. The first-order chi connectivity index (χ1) is 11.1. The molecule has 1 fully saturated rings. The maximum Gasteiger partial charge on any atom is 0.156 e. The second-order valence-electron chi connectivity index (χ2n) is 4.88. The first kappa shape index (κ1) is 22.7. The number of rotatable bonds is 2. The Hall–Kier alpha value is -1.34. The number of carbonyl (C=O) groups excluding carboxylic acids is 2. The number of fused-ring (bicyclic) bond motifs is 1. The minimum atomic E-state index is -0.744. The van der Waals surface area contributed by atoms with Gasteiger partial charge in [0, 0.05) is 44.5 Å². The van der Waals surface area contributed by atoms with E-state index in [1.807, 2.05) is 20.3 Å². The monoisotopic (exact) mass is 406 g/mol. The fraction of sp³-hybridized carbons (Fsp3) is 0.500. The fourth-order valence-electron chi connectivity index (χ4n) is 2.14. The van der Waals surface area contributed by atoms with Crippen LogP contribution in [-0.4, -0.2) is 45.3 Å². The molecule has 1 aliphatic heterocycles. The number of aromatic amines is 1. The molecule has 0 unspecified atom stereocenters. The predicted octanol–water partition coefficient (Wildman–Crippen LogP) is 3.02. The number of amides is 2. The molecule has 0 atom stereocenters. The van der Waals surface area contributed by atoms with Gasteiger partial charge < -0.3 is 25.2 Å². The summed E-state index contributed by atoms with van der Waals surface area (Å²) in [6.07, 6.45) is 8.55. The molecular formula is C16H23N5O2Y-2. The molecule has 0 aliphatic carbocycles. The van der Waals surface area contributed by atoms with Crippen LogP contribution in [0.15, 0.2) is 12.4 Å². The van der Waals surface area contributed by atoms with E-state index in [9.17, 15) is 9.59 Å². The average molecular weight is 406 g/mol. The van der Waals surface area contributed by atoms with Gasteiger partial charge in [0.2, 0.25) is 0 Å². The molecule has 2 aromatic rings. The van der Waals surface area contributed by atoms with Crippen molar-refractivity contribution in [2.75, 3.05) is 13.1 Å². The van der Waals surface area contributed by atoms with E-state index < -0.39 is 5.91 Å². The zero-order valence-electron chi connectivity index (χ0n) is 14.4. The van der Waals surface area contributed by atoms with Crippen molar-refractivity contribution in [3.8, 4) is 0 Å². The number of aryl methyl sites for hydroxylation is 1. The Morgan fingerprint density at radius 3 is 2.42 bits per heavy atom. The van der Waals surface area contributed by atoms with Crippen molar-refractivity contribution in [1.29, 1.82) is 0 Å². The summed E-state index contributed by atoms with van der Waals surface area (Å²) in [7, 11) is 0. The number of hydrogen-bond donors (Lipinski definition) is 1. The third-order valence-electron chi connectivity index (χ3n) is 3.23. The van der Waals surface area contributed by atoms with E-state index in [-0.39, 0.29) is 38.3 Å². The minimum Gasteiger partial charge on any atom is -0.663 e. The molecule has 0 bridgehead atoms. The molecule has 3 rings (SSSR count). The van der Waals surface area contributed by atoms with Crippen LogP contribution >= 0.6 is 0 Å². The van der Waals surface area contributed by atoms with Gasteiger partial charge in [-0.3, -0.25) is 0 Å². The van der Waals surface area contributed by atoms with E-state index in [2.05, 4.69) is 15.0 Å². The van der Waals surface area contributed by atoms with E-state index in [0.717, 1.165) is 31.6 Å². The summed E-state index contributed by atoms with van der Waals surface area (Å²) in [4.78, 5) is 33.4. The third-order valence-corrected chi connectivity index (χ3v) is 3.23. The van der Waals surface area contributed by atoms with Crippen LogP contribution < -0.4 is 0 Å². The molecule has 0 spiro atoms. The number of H-pyrrole nitrogens is 1. The van der Waals surface area contributed by atoms with Gasteiger partial charge in [0.25, 0.3) is 0 Å². The largest absolute Gasteiger partial charge is 0.663 e. The molecule has 0 aromatic carbocycles. The molecule has 129 valence electrons. The van der Waals surface area contributed by atoms with Gasteiger partial charge in [-0.05, 0) is 32.9 Å². The molecule has 1 aliphatic rings. The van der Waals surface area contributed by atoms with Crippen molar-refractivity contribution in [3.63, 3.8) is 0 Å². The van der Waals surface area contributed by atoms with Crippen LogP contribution in [0.25, 0.3) is 16.9 Å². The SMILES string of the molecule is CC.Cc1cnc2[nH]cc(C([NH-])=O)c2n1.O=[C-]N1CCCCC1.[Y]. The maximum atomic E-state index is 10.8. The molecule has 24 heavy (non-hydrogen) atoms. The normalized spacial score (nSPS) is 12.9. The molecule has 2 amide bonds. The van der Waals surface area contributed by atoms with Crippen molar-refractivity contribution >= 4 is 23.5 Å². The summed E-state index contributed by atoms with van der Waals surface area (Å²) in [6, 6.07) is 0. The topological polar surface area (TPSA) is 103 Å². The summed E-state index contributed by atoms with van der Waals surface area (Å²) in [6.45, 7) is 7.63. The van der Waals surface area contributed by atoms with E-state index in [0.29, 0.717) is 11.2 Å². The Kier molecular flexibility index (Phi) is 11.4. The first-order valence-electron chi connectivity index (χ1n) is 7.81. The molecule has 2 N–H and O–H groups in total. The van der Waals surface area contributed by atoms with Crippen molar-refractivity contribution in [1.82, 2.24) is 19.9 Å². The van der Waals surface area contributed by atoms with Gasteiger partial charge in [-0.2, -0.15) is 6.41 Å². The summed E-state index contributed by atoms with van der Waals surface area (Å²) in [5, 5.41) is 0. The van der Waals surface area contributed by atoms with Crippen LogP contribution in [0.3, 0.4) is 0 Å². The Balaban J connectivity index is 0.000000418. The molecule has 2 aromatic heterocycles. The smallest absolute Gasteiger partial charge is 0.156 e. The van der Waals surface area contributed by atoms with E-state index in [1.165, 1.54) is 12.6 Å². The van der Waals surface area contributed by atoms with Gasteiger partial charge in [0.05, 0.1) is 17.8 Å². The molecule has 8 heteroatoms. The first-order valence-corrected chi connectivity index (χ1v) is 7.81. The van der Waals surface area contributed by atoms with Crippen LogP contribution in [0.5, 0.6) is 0 Å². The van der Waals surface area contributed by atoms with Gasteiger partial charge in [-0.1, -0.05) is 20.3 Å². The number of nitrogens with one attached hydrogen (secondary N) is 2. The Labute approximate surface area is 167 Å². The van der Waals surface area contributed by atoms with Gasteiger partial charge >= 0.3 is 0 Å². The summed E-state index contributed by atoms with van der Waals surface area (Å²) < 4.78 is 0. The number of hydrogen-bond acceptors (Lipinski definition) is 4. The molecule has 3 heterocycles. The van der Waals surface area contributed by atoms with Crippen molar-refractivity contribution in [2.45, 2.75) is 40.0 Å². The predicted molar refractivity (Wildman–Crippen MR) is 89.7 cm³/mol. The number of likely N-dealkylation sites (tertiary alicyclic amines) is 1. The van der Waals surface area contributed by atoms with Crippen molar-refractivity contribution in [2.24, 2.45) is 0 Å². The Morgan fingerprint density at radius 1 is 1.29 bits per heavy atom. The van der Waals surface area contributed by atoms with Crippen molar-refractivity contribution < 1.29 is 42.3 Å². The molecular weight excluding hydrogens is 383 g/mol. The van der Waals surface area contributed by atoms with E-state index >= 15 is 0 Å². The van der Waals surface area contributed by atoms with Gasteiger partial charge in [0.15, 0.2) is 5.65 Å². The van der Waals surface area contributed by atoms with Crippen LogP contribution in [0.1, 0.15) is 49.2 Å². The number of nitrogens with zero attached hydrogens (tertiary/aromatic N) is 3. The third kappa shape index (κ3) is 6.65. The number of aromatic nitrogens is 3. The van der Waals surface area contributed by atoms with Gasteiger partial charge in [0.1, 0.15) is 5.52 Å². The van der Waals surface area contributed by atoms with E-state index in [4.69, 9.17) is 5.73 Å². The summed E-state index contributed by atoms with van der Waals surface area (Å²) in [5.74, 6) is -0.744. The minimum absolute atomic E-state index is 0. The standard InChI is InChI=1S/C8H8N4O.C6H10NO.C2H6.Y/c1-4-2-10-8-6(12-4)5(3-11-8)7(9)13;8-6-7-4-2-1-3-5-7;1-2;/h2-3H,1H3,(H3,9,10,11,12,13);1-5H2;1-2H3;/q;-1;;/p-1. The Bertz CT molecular complexity index is 638. The Morgan fingerprint density at radius 2 is 1.92 bits per heavy atom. The molecule has 1 radical (unpaired) electrons. The second kappa shape index (κ2) is 12.1.